The lowest BCUT2D eigenvalue weighted by Gasteiger charge is -2.13. The molecule has 3 heterocycles. The predicted octanol–water partition coefficient (Wildman–Crippen LogP) is 4.30. The third-order valence-corrected chi connectivity index (χ3v) is 5.57. The van der Waals surface area contributed by atoms with Crippen molar-refractivity contribution >= 4 is 22.9 Å². The van der Waals surface area contributed by atoms with Crippen LogP contribution in [0.1, 0.15) is 18.4 Å². The van der Waals surface area contributed by atoms with Gasteiger partial charge in [0.2, 0.25) is 0 Å². The van der Waals surface area contributed by atoms with Crippen LogP contribution in [0.5, 0.6) is 0 Å². The van der Waals surface area contributed by atoms with Gasteiger partial charge in [0.1, 0.15) is 11.3 Å². The molecule has 1 fully saturated rings. The van der Waals surface area contributed by atoms with E-state index in [2.05, 4.69) is 58.6 Å². The van der Waals surface area contributed by atoms with Gasteiger partial charge in [-0.2, -0.15) is 11.8 Å². The lowest BCUT2D eigenvalue weighted by atomic mass is 10.1. The molecule has 0 aliphatic carbocycles. The maximum absolute atomic E-state index is 4.86. The van der Waals surface area contributed by atoms with Crippen molar-refractivity contribution in [1.82, 2.24) is 14.5 Å². The number of thioether (sulfide) groups is 1. The number of rotatable bonds is 3. The summed E-state index contributed by atoms with van der Waals surface area (Å²) in [5.41, 5.74) is 4.44. The van der Waals surface area contributed by atoms with Gasteiger partial charge in [-0.15, -0.1) is 0 Å². The molecule has 1 aromatic carbocycles. The van der Waals surface area contributed by atoms with Crippen molar-refractivity contribution in [3.8, 4) is 11.4 Å². The number of pyridine rings is 1. The zero-order valence-corrected chi connectivity index (χ0v) is 13.5. The van der Waals surface area contributed by atoms with Gasteiger partial charge in [-0.05, 0) is 43.7 Å². The van der Waals surface area contributed by atoms with Crippen molar-refractivity contribution in [3.63, 3.8) is 0 Å². The van der Waals surface area contributed by atoms with Gasteiger partial charge < -0.3 is 4.57 Å². The smallest absolute Gasteiger partial charge is 0.160 e. The highest BCUT2D eigenvalue weighted by molar-refractivity contribution is 8.00. The standard InChI is InChI=1S/C18H19N3S/c1-13-5-2-6-14(11-13)17-20-16-8-3-9-19-18(16)21(17)12-15-7-4-10-22-15/h2-3,5-6,8-9,11,15H,4,7,10,12H2,1H3. The van der Waals surface area contributed by atoms with Gasteiger partial charge in [0.05, 0.1) is 0 Å². The van der Waals surface area contributed by atoms with Gasteiger partial charge in [-0.25, -0.2) is 9.97 Å². The second-order valence-electron chi connectivity index (χ2n) is 5.90. The Morgan fingerprint density at radius 3 is 3.05 bits per heavy atom. The molecule has 3 nitrogen and oxygen atoms in total. The number of benzene rings is 1. The van der Waals surface area contributed by atoms with E-state index in [1.807, 2.05) is 12.3 Å². The van der Waals surface area contributed by atoms with Crippen molar-refractivity contribution in [2.45, 2.75) is 31.6 Å². The number of nitrogens with zero attached hydrogens (tertiary/aromatic N) is 3. The van der Waals surface area contributed by atoms with Gasteiger partial charge in [-0.3, -0.25) is 0 Å². The van der Waals surface area contributed by atoms with Gasteiger partial charge in [0.25, 0.3) is 0 Å². The lowest BCUT2D eigenvalue weighted by molar-refractivity contribution is 0.653. The number of imidazole rings is 1. The fraction of sp³-hybridized carbons (Fsp3) is 0.333. The lowest BCUT2D eigenvalue weighted by Crippen LogP contribution is -2.11. The minimum absolute atomic E-state index is 0.683. The van der Waals surface area contributed by atoms with Crippen molar-refractivity contribution in [2.75, 3.05) is 5.75 Å². The van der Waals surface area contributed by atoms with Crippen LogP contribution in [0.4, 0.5) is 0 Å². The van der Waals surface area contributed by atoms with Crippen LogP contribution in [0.15, 0.2) is 42.6 Å². The molecule has 1 aliphatic heterocycles. The fourth-order valence-corrected chi connectivity index (χ4v) is 4.38. The monoisotopic (exact) mass is 309 g/mol. The Balaban J connectivity index is 1.85. The first-order chi connectivity index (χ1) is 10.8. The molecular weight excluding hydrogens is 290 g/mol. The van der Waals surface area contributed by atoms with Crippen molar-refractivity contribution in [1.29, 1.82) is 0 Å². The summed E-state index contributed by atoms with van der Waals surface area (Å²) < 4.78 is 2.31. The van der Waals surface area contributed by atoms with E-state index in [4.69, 9.17) is 4.98 Å². The zero-order valence-electron chi connectivity index (χ0n) is 12.7. The molecule has 1 aliphatic rings. The molecule has 3 aromatic rings. The number of aryl methyl sites for hydroxylation is 1. The molecule has 0 saturated carbocycles. The van der Waals surface area contributed by atoms with Gasteiger partial charge in [-0.1, -0.05) is 23.8 Å². The Hall–Kier alpha value is -1.81. The number of hydrogen-bond donors (Lipinski definition) is 0. The molecule has 4 rings (SSSR count). The van der Waals surface area contributed by atoms with Crippen LogP contribution in [-0.2, 0) is 6.54 Å². The van der Waals surface area contributed by atoms with E-state index in [1.165, 1.54) is 29.7 Å². The average Bonchev–Trinajstić information content (AvgIpc) is 3.16. The minimum atomic E-state index is 0.683. The molecule has 0 radical (unpaired) electrons. The maximum atomic E-state index is 4.86. The van der Waals surface area contributed by atoms with E-state index in [9.17, 15) is 0 Å². The Kier molecular flexibility index (Phi) is 3.62. The summed E-state index contributed by atoms with van der Waals surface area (Å²) >= 11 is 2.08. The Morgan fingerprint density at radius 1 is 1.27 bits per heavy atom. The zero-order chi connectivity index (χ0) is 14.9. The predicted molar refractivity (Wildman–Crippen MR) is 93.2 cm³/mol. The third kappa shape index (κ3) is 2.52. The van der Waals surface area contributed by atoms with Crippen LogP contribution < -0.4 is 0 Å². The molecule has 1 saturated heterocycles. The third-order valence-electron chi connectivity index (χ3n) is 4.19. The molecule has 22 heavy (non-hydrogen) atoms. The van der Waals surface area contributed by atoms with Crippen LogP contribution in [0, 0.1) is 6.92 Å². The number of aromatic nitrogens is 3. The fourth-order valence-electron chi connectivity index (χ4n) is 3.13. The summed E-state index contributed by atoms with van der Waals surface area (Å²) in [6.45, 7) is 3.13. The van der Waals surface area contributed by atoms with Crippen LogP contribution in [0.2, 0.25) is 0 Å². The van der Waals surface area contributed by atoms with Crippen LogP contribution in [0.3, 0.4) is 0 Å². The Bertz CT molecular complexity index is 803. The van der Waals surface area contributed by atoms with E-state index in [1.54, 1.807) is 0 Å². The highest BCUT2D eigenvalue weighted by atomic mass is 32.2. The topological polar surface area (TPSA) is 30.7 Å². The maximum Gasteiger partial charge on any atom is 0.160 e. The highest BCUT2D eigenvalue weighted by Crippen LogP contribution is 2.31. The molecule has 112 valence electrons. The summed E-state index contributed by atoms with van der Waals surface area (Å²) in [7, 11) is 0. The van der Waals surface area contributed by atoms with E-state index in [0.29, 0.717) is 5.25 Å². The largest absolute Gasteiger partial charge is 0.308 e. The second kappa shape index (κ2) is 5.76. The summed E-state index contributed by atoms with van der Waals surface area (Å²) in [6.07, 6.45) is 4.49. The summed E-state index contributed by atoms with van der Waals surface area (Å²) in [4.78, 5) is 9.44. The first-order valence-electron chi connectivity index (χ1n) is 7.81. The van der Waals surface area contributed by atoms with Gasteiger partial charge in [0.15, 0.2) is 5.65 Å². The second-order valence-corrected chi connectivity index (χ2v) is 7.30. The Labute approximate surface area is 134 Å². The molecule has 0 bridgehead atoms. The first-order valence-corrected chi connectivity index (χ1v) is 8.86. The molecule has 1 atom stereocenters. The molecule has 0 N–H and O–H groups in total. The van der Waals surface area contributed by atoms with Crippen LogP contribution in [0.25, 0.3) is 22.6 Å². The summed E-state index contributed by atoms with van der Waals surface area (Å²) in [6, 6.07) is 12.6. The quantitative estimate of drug-likeness (QED) is 0.722. The molecule has 1 unspecified atom stereocenters. The Morgan fingerprint density at radius 2 is 2.23 bits per heavy atom. The van der Waals surface area contributed by atoms with E-state index >= 15 is 0 Å². The van der Waals surface area contributed by atoms with Crippen LogP contribution >= 0.6 is 11.8 Å². The average molecular weight is 309 g/mol. The van der Waals surface area contributed by atoms with E-state index in [0.717, 1.165) is 23.5 Å². The molecule has 0 amide bonds. The van der Waals surface area contributed by atoms with Gasteiger partial charge in [0, 0.05) is 23.6 Å². The van der Waals surface area contributed by atoms with Crippen molar-refractivity contribution in [2.24, 2.45) is 0 Å². The van der Waals surface area contributed by atoms with Crippen molar-refractivity contribution < 1.29 is 0 Å². The molecule has 2 aromatic heterocycles. The molecule has 4 heteroatoms. The normalized spacial score (nSPS) is 18.1. The minimum Gasteiger partial charge on any atom is -0.308 e. The SMILES string of the molecule is Cc1cccc(-c2nc3cccnc3n2CC2CCCS2)c1. The number of hydrogen-bond acceptors (Lipinski definition) is 3. The van der Waals surface area contributed by atoms with Crippen LogP contribution in [-0.4, -0.2) is 25.5 Å². The molecule has 0 spiro atoms. The highest BCUT2D eigenvalue weighted by Gasteiger charge is 2.20. The summed E-state index contributed by atoms with van der Waals surface area (Å²) in [5.74, 6) is 2.33. The van der Waals surface area contributed by atoms with E-state index < -0.39 is 0 Å². The molecular formula is C18H19N3S. The van der Waals surface area contributed by atoms with Gasteiger partial charge >= 0.3 is 0 Å². The van der Waals surface area contributed by atoms with E-state index in [-0.39, 0.29) is 0 Å². The summed E-state index contributed by atoms with van der Waals surface area (Å²) in [5, 5.41) is 0.683. The first kappa shape index (κ1) is 13.8. The number of fused-ring (bicyclic) bond motifs is 1. The van der Waals surface area contributed by atoms with Crippen molar-refractivity contribution in [3.05, 3.63) is 48.2 Å².